The van der Waals surface area contributed by atoms with E-state index in [1.54, 1.807) is 18.2 Å². The minimum atomic E-state index is -1.02. The smallest absolute Gasteiger partial charge is 0.336 e. The Balaban J connectivity index is 2.00. The molecule has 0 radical (unpaired) electrons. The van der Waals surface area contributed by atoms with E-state index in [2.05, 4.69) is 31.8 Å². The maximum absolute atomic E-state index is 11.3. The van der Waals surface area contributed by atoms with Gasteiger partial charge in [0.05, 0.1) is 5.56 Å². The van der Waals surface area contributed by atoms with E-state index in [0.29, 0.717) is 5.56 Å². The molecule has 3 heteroatoms. The van der Waals surface area contributed by atoms with E-state index in [1.807, 2.05) is 12.1 Å². The Morgan fingerprint density at radius 2 is 1.92 bits per heavy atom. The van der Waals surface area contributed by atoms with Gasteiger partial charge in [0.1, 0.15) is 6.10 Å². The molecule has 2 aromatic rings. The number of hydrogen-bond donors (Lipinski definition) is 2. The number of aliphatic hydroxyl groups excluding tert-OH is 1. The van der Waals surface area contributed by atoms with Gasteiger partial charge in [0.2, 0.25) is 0 Å². The summed E-state index contributed by atoms with van der Waals surface area (Å²) >= 11 is 0. The van der Waals surface area contributed by atoms with Crippen LogP contribution >= 0.6 is 0 Å². The van der Waals surface area contributed by atoms with Gasteiger partial charge in [-0.15, -0.1) is 0 Å². The van der Waals surface area contributed by atoms with E-state index in [4.69, 9.17) is 0 Å². The number of benzene rings is 2. The number of aromatic carboxylic acids is 1. The van der Waals surface area contributed by atoms with Gasteiger partial charge in [-0.1, -0.05) is 56.0 Å². The maximum Gasteiger partial charge on any atom is 0.336 e. The molecule has 0 heterocycles. The molecule has 0 fully saturated rings. The van der Waals surface area contributed by atoms with Crippen LogP contribution in [0.4, 0.5) is 0 Å². The molecular formula is C22H22O3. The average molecular weight is 334 g/mol. The average Bonchev–Trinajstić information content (AvgIpc) is 2.59. The van der Waals surface area contributed by atoms with Gasteiger partial charge in [-0.3, -0.25) is 0 Å². The van der Waals surface area contributed by atoms with Crippen molar-refractivity contribution < 1.29 is 15.0 Å². The van der Waals surface area contributed by atoms with Crippen LogP contribution in [-0.2, 0) is 11.8 Å². The highest BCUT2D eigenvalue weighted by atomic mass is 16.4. The van der Waals surface area contributed by atoms with Gasteiger partial charge in [-0.25, -0.2) is 4.79 Å². The third kappa shape index (κ3) is 3.45. The van der Waals surface area contributed by atoms with Gasteiger partial charge in [-0.05, 0) is 53.5 Å². The van der Waals surface area contributed by atoms with E-state index in [-0.39, 0.29) is 11.0 Å². The number of carboxylic acids is 1. The van der Waals surface area contributed by atoms with Crippen molar-refractivity contribution in [1.29, 1.82) is 0 Å². The molecule has 0 spiro atoms. The van der Waals surface area contributed by atoms with E-state index in [9.17, 15) is 15.0 Å². The first-order valence-corrected chi connectivity index (χ1v) is 8.54. The number of aryl methyl sites for hydroxylation is 1. The molecule has 3 rings (SSSR count). The molecular weight excluding hydrogens is 312 g/mol. The van der Waals surface area contributed by atoms with Crippen molar-refractivity contribution in [3.8, 4) is 11.8 Å². The molecule has 0 aromatic heterocycles. The highest BCUT2D eigenvalue weighted by molar-refractivity contribution is 5.90. The molecule has 25 heavy (non-hydrogen) atoms. The van der Waals surface area contributed by atoms with Crippen molar-refractivity contribution in [1.82, 2.24) is 0 Å². The van der Waals surface area contributed by atoms with E-state index >= 15 is 0 Å². The molecule has 1 unspecified atom stereocenters. The first-order chi connectivity index (χ1) is 11.9. The van der Waals surface area contributed by atoms with Gasteiger partial charge < -0.3 is 10.2 Å². The fourth-order valence-corrected chi connectivity index (χ4v) is 3.73. The number of aliphatic hydroxyl groups is 1. The van der Waals surface area contributed by atoms with Crippen molar-refractivity contribution in [2.24, 2.45) is 0 Å². The third-order valence-corrected chi connectivity index (χ3v) is 4.90. The van der Waals surface area contributed by atoms with Crippen LogP contribution in [-0.4, -0.2) is 16.2 Å². The van der Waals surface area contributed by atoms with Crippen molar-refractivity contribution in [3.05, 3.63) is 70.3 Å². The van der Waals surface area contributed by atoms with Gasteiger partial charge in [0.25, 0.3) is 0 Å². The quantitative estimate of drug-likeness (QED) is 0.814. The highest BCUT2D eigenvalue weighted by Crippen LogP contribution is 2.40. The van der Waals surface area contributed by atoms with Crippen LogP contribution in [0.1, 0.15) is 65.4 Å². The monoisotopic (exact) mass is 334 g/mol. The summed E-state index contributed by atoms with van der Waals surface area (Å²) in [4.78, 5) is 11.3. The van der Waals surface area contributed by atoms with Crippen molar-refractivity contribution in [3.63, 3.8) is 0 Å². The second-order valence-corrected chi connectivity index (χ2v) is 7.14. The van der Waals surface area contributed by atoms with Gasteiger partial charge in [-0.2, -0.15) is 0 Å². The minimum Gasteiger partial charge on any atom is -0.478 e. The number of rotatable bonds is 2. The summed E-state index contributed by atoms with van der Waals surface area (Å²) in [6.45, 7) is 4.41. The van der Waals surface area contributed by atoms with Crippen LogP contribution in [0.3, 0.4) is 0 Å². The molecule has 0 saturated carbocycles. The summed E-state index contributed by atoms with van der Waals surface area (Å²) in [5.41, 5.74) is 3.87. The maximum atomic E-state index is 11.3. The van der Waals surface area contributed by atoms with Gasteiger partial charge in [0.15, 0.2) is 0 Å². The summed E-state index contributed by atoms with van der Waals surface area (Å²) in [6.07, 6.45) is 2.32. The Kier molecular flexibility index (Phi) is 4.65. The molecule has 2 N–H and O–H groups in total. The van der Waals surface area contributed by atoms with Crippen LogP contribution < -0.4 is 0 Å². The Labute approximate surface area is 148 Å². The predicted molar refractivity (Wildman–Crippen MR) is 97.6 cm³/mol. The van der Waals surface area contributed by atoms with Crippen LogP contribution in [0.2, 0.25) is 0 Å². The van der Waals surface area contributed by atoms with E-state index in [0.717, 1.165) is 24.8 Å². The van der Waals surface area contributed by atoms with Crippen molar-refractivity contribution in [2.75, 3.05) is 0 Å². The molecule has 0 amide bonds. The zero-order chi connectivity index (χ0) is 18.0. The SMILES string of the molecule is CC1(C)CCCc2cccc(C(O)C#Cc3ccccc3C(=O)O)c21. The summed E-state index contributed by atoms with van der Waals surface area (Å²) in [7, 11) is 0. The first kappa shape index (κ1) is 17.3. The second kappa shape index (κ2) is 6.74. The normalized spacial score (nSPS) is 16.3. The molecule has 1 atom stereocenters. The molecule has 1 aliphatic rings. The zero-order valence-electron chi connectivity index (χ0n) is 14.5. The lowest BCUT2D eigenvalue weighted by Crippen LogP contribution is -2.26. The predicted octanol–water partition coefficient (Wildman–Crippen LogP) is 4.08. The molecule has 2 aromatic carbocycles. The minimum absolute atomic E-state index is 0.00576. The Bertz CT molecular complexity index is 868. The topological polar surface area (TPSA) is 57.5 Å². The third-order valence-electron chi connectivity index (χ3n) is 4.90. The molecule has 3 nitrogen and oxygen atoms in total. The summed E-state index contributed by atoms with van der Waals surface area (Å²) in [6, 6.07) is 12.6. The van der Waals surface area contributed by atoms with E-state index < -0.39 is 12.1 Å². The Morgan fingerprint density at radius 3 is 2.68 bits per heavy atom. The Hall–Kier alpha value is -2.57. The van der Waals surface area contributed by atoms with Crippen LogP contribution in [0.25, 0.3) is 0 Å². The lowest BCUT2D eigenvalue weighted by Gasteiger charge is -2.35. The van der Waals surface area contributed by atoms with Crippen LogP contribution in [0.5, 0.6) is 0 Å². The molecule has 0 aliphatic heterocycles. The standard InChI is InChI=1S/C22H22O3/c1-22(2)14-6-9-16-8-5-11-18(20(16)22)19(23)13-12-15-7-3-4-10-17(15)21(24)25/h3-5,7-8,10-11,19,23H,6,9,14H2,1-2H3,(H,24,25). The number of carboxylic acid groups (broad SMARTS) is 1. The molecule has 1 aliphatic carbocycles. The lowest BCUT2D eigenvalue weighted by atomic mass is 9.70. The number of carbonyl (C=O) groups is 1. The summed E-state index contributed by atoms with van der Waals surface area (Å²) in [5, 5.41) is 19.9. The highest BCUT2D eigenvalue weighted by Gasteiger charge is 2.31. The summed E-state index contributed by atoms with van der Waals surface area (Å²) in [5.74, 6) is 4.67. The largest absolute Gasteiger partial charge is 0.478 e. The second-order valence-electron chi connectivity index (χ2n) is 7.14. The van der Waals surface area contributed by atoms with Gasteiger partial charge >= 0.3 is 5.97 Å². The number of fused-ring (bicyclic) bond motifs is 1. The van der Waals surface area contributed by atoms with Crippen molar-refractivity contribution in [2.45, 2.75) is 44.6 Å². The zero-order valence-corrected chi connectivity index (χ0v) is 14.5. The fourth-order valence-electron chi connectivity index (χ4n) is 3.73. The first-order valence-electron chi connectivity index (χ1n) is 8.54. The Morgan fingerprint density at radius 1 is 1.16 bits per heavy atom. The lowest BCUT2D eigenvalue weighted by molar-refractivity contribution is 0.0696. The number of hydrogen-bond acceptors (Lipinski definition) is 2. The summed E-state index contributed by atoms with van der Waals surface area (Å²) < 4.78 is 0. The molecule has 0 bridgehead atoms. The van der Waals surface area contributed by atoms with E-state index in [1.165, 1.54) is 17.2 Å². The van der Waals surface area contributed by atoms with Gasteiger partial charge in [0, 0.05) is 5.56 Å². The van der Waals surface area contributed by atoms with Crippen LogP contribution in [0, 0.1) is 11.8 Å². The van der Waals surface area contributed by atoms with Crippen LogP contribution in [0.15, 0.2) is 42.5 Å². The molecule has 0 saturated heterocycles. The molecule has 128 valence electrons. The fraction of sp³-hybridized carbons (Fsp3) is 0.318. The van der Waals surface area contributed by atoms with Crippen molar-refractivity contribution >= 4 is 5.97 Å².